The van der Waals surface area contributed by atoms with Gasteiger partial charge >= 0.3 is 0 Å². The van der Waals surface area contributed by atoms with Crippen LogP contribution in [0.1, 0.15) is 22.8 Å². The summed E-state index contributed by atoms with van der Waals surface area (Å²) in [7, 11) is 0. The van der Waals surface area contributed by atoms with Crippen molar-refractivity contribution in [3.8, 4) is 11.1 Å². The summed E-state index contributed by atoms with van der Waals surface area (Å²) >= 11 is 0. The molecule has 0 spiro atoms. The van der Waals surface area contributed by atoms with Crippen LogP contribution in [-0.2, 0) is 0 Å². The molecule has 0 saturated carbocycles. The molecule has 0 aromatic heterocycles. The van der Waals surface area contributed by atoms with E-state index >= 15 is 0 Å². The fourth-order valence-corrected chi connectivity index (χ4v) is 1.90. The summed E-state index contributed by atoms with van der Waals surface area (Å²) in [6.45, 7) is 3.26. The van der Waals surface area contributed by atoms with Crippen molar-refractivity contribution in [1.29, 1.82) is 0 Å². The summed E-state index contributed by atoms with van der Waals surface area (Å²) in [6.07, 6.45) is 0. The van der Waals surface area contributed by atoms with Crippen LogP contribution in [0, 0.1) is 18.6 Å². The number of hydrogen-bond acceptors (Lipinski definition) is 1. The van der Waals surface area contributed by atoms with Gasteiger partial charge in [0, 0.05) is 11.1 Å². The molecule has 3 heteroatoms. The number of carbonyl (C=O) groups is 1. The number of aryl methyl sites for hydroxylation is 1. The predicted molar refractivity (Wildman–Crippen MR) is 66.5 cm³/mol. The molecule has 0 amide bonds. The number of ketones is 1. The second kappa shape index (κ2) is 4.69. The molecule has 2 aromatic rings. The maximum absolute atomic E-state index is 13.7. The van der Waals surface area contributed by atoms with Gasteiger partial charge in [0.15, 0.2) is 17.4 Å². The van der Waals surface area contributed by atoms with Crippen LogP contribution in [0.4, 0.5) is 8.78 Å². The highest BCUT2D eigenvalue weighted by atomic mass is 19.2. The van der Waals surface area contributed by atoms with E-state index in [1.165, 1.54) is 19.1 Å². The van der Waals surface area contributed by atoms with Crippen molar-refractivity contribution >= 4 is 5.78 Å². The summed E-state index contributed by atoms with van der Waals surface area (Å²) in [6, 6.07) is 9.01. The molecule has 0 fully saturated rings. The van der Waals surface area contributed by atoms with Gasteiger partial charge in [0.1, 0.15) is 0 Å². The summed E-state index contributed by atoms with van der Waals surface area (Å²) in [5.41, 5.74) is 2.01. The Hall–Kier alpha value is -2.03. The number of benzene rings is 2. The molecule has 0 bridgehead atoms. The van der Waals surface area contributed by atoms with Crippen molar-refractivity contribution < 1.29 is 13.6 Å². The van der Waals surface area contributed by atoms with Gasteiger partial charge in [-0.1, -0.05) is 24.3 Å². The molecule has 0 N–H and O–H groups in total. The molecule has 0 aliphatic carbocycles. The summed E-state index contributed by atoms with van der Waals surface area (Å²) < 4.78 is 26.8. The summed E-state index contributed by atoms with van der Waals surface area (Å²) in [5.74, 6) is -1.88. The van der Waals surface area contributed by atoms with Gasteiger partial charge in [0.2, 0.25) is 0 Å². The zero-order valence-corrected chi connectivity index (χ0v) is 10.1. The first-order valence-corrected chi connectivity index (χ1v) is 5.56. The van der Waals surface area contributed by atoms with E-state index in [2.05, 4.69) is 0 Å². The van der Waals surface area contributed by atoms with Gasteiger partial charge in [0.25, 0.3) is 0 Å². The topological polar surface area (TPSA) is 17.1 Å². The van der Waals surface area contributed by atoms with Gasteiger partial charge in [-0.3, -0.25) is 4.79 Å². The van der Waals surface area contributed by atoms with Gasteiger partial charge < -0.3 is 0 Å². The molecule has 0 saturated heterocycles. The second-order valence-corrected chi connectivity index (χ2v) is 4.19. The molecule has 2 rings (SSSR count). The average molecular weight is 246 g/mol. The second-order valence-electron chi connectivity index (χ2n) is 4.19. The smallest absolute Gasteiger partial charge is 0.166 e. The largest absolute Gasteiger partial charge is 0.295 e. The zero-order chi connectivity index (χ0) is 13.3. The minimum absolute atomic E-state index is 0.0915. The minimum atomic E-state index is -0.893. The molecule has 0 aliphatic heterocycles. The molecule has 1 nitrogen and oxygen atoms in total. The van der Waals surface area contributed by atoms with E-state index in [0.717, 1.165) is 11.6 Å². The highest BCUT2D eigenvalue weighted by Gasteiger charge is 2.12. The first kappa shape index (κ1) is 12.4. The Morgan fingerprint density at radius 2 is 1.83 bits per heavy atom. The van der Waals surface area contributed by atoms with Crippen LogP contribution in [0.15, 0.2) is 36.4 Å². The number of Topliss-reactive ketones (excluding diaryl/α,β-unsaturated/α-hetero) is 1. The average Bonchev–Trinajstić information content (AvgIpc) is 2.33. The maximum atomic E-state index is 13.7. The maximum Gasteiger partial charge on any atom is 0.166 e. The van der Waals surface area contributed by atoms with Gasteiger partial charge in [-0.25, -0.2) is 8.78 Å². The lowest BCUT2D eigenvalue weighted by Crippen LogP contribution is -1.97. The standard InChI is InChI=1S/C15H12F2O/c1-9-6-7-11(8-13(9)10(2)18)12-4-3-5-14(16)15(12)17/h3-8H,1-2H3. The SMILES string of the molecule is CC(=O)c1cc(-c2cccc(F)c2F)ccc1C. The predicted octanol–water partition coefficient (Wildman–Crippen LogP) is 4.14. The molecule has 0 heterocycles. The summed E-state index contributed by atoms with van der Waals surface area (Å²) in [5, 5.41) is 0. The van der Waals surface area contributed by atoms with E-state index in [1.54, 1.807) is 18.2 Å². The first-order valence-electron chi connectivity index (χ1n) is 5.56. The third-order valence-corrected chi connectivity index (χ3v) is 2.88. The Kier molecular flexibility index (Phi) is 3.24. The third-order valence-electron chi connectivity index (χ3n) is 2.88. The zero-order valence-electron chi connectivity index (χ0n) is 10.1. The number of hydrogen-bond donors (Lipinski definition) is 0. The Balaban J connectivity index is 2.62. The molecule has 0 unspecified atom stereocenters. The Morgan fingerprint density at radius 3 is 2.50 bits per heavy atom. The van der Waals surface area contributed by atoms with Crippen molar-refractivity contribution in [1.82, 2.24) is 0 Å². The van der Waals surface area contributed by atoms with Crippen LogP contribution in [0.25, 0.3) is 11.1 Å². The summed E-state index contributed by atoms with van der Waals surface area (Å²) in [4.78, 5) is 11.4. The van der Waals surface area contributed by atoms with E-state index in [-0.39, 0.29) is 11.3 Å². The van der Waals surface area contributed by atoms with E-state index in [9.17, 15) is 13.6 Å². The highest BCUT2D eigenvalue weighted by Crippen LogP contribution is 2.26. The van der Waals surface area contributed by atoms with E-state index in [1.807, 2.05) is 6.92 Å². The van der Waals surface area contributed by atoms with E-state index in [0.29, 0.717) is 11.1 Å². The molecular formula is C15H12F2O. The molecular weight excluding hydrogens is 234 g/mol. The monoisotopic (exact) mass is 246 g/mol. The van der Waals surface area contributed by atoms with Crippen LogP contribution < -0.4 is 0 Å². The molecule has 0 atom stereocenters. The van der Waals surface area contributed by atoms with Crippen LogP contribution in [0.2, 0.25) is 0 Å². The van der Waals surface area contributed by atoms with Crippen molar-refractivity contribution in [2.75, 3.05) is 0 Å². The van der Waals surface area contributed by atoms with Crippen molar-refractivity contribution in [3.63, 3.8) is 0 Å². The van der Waals surface area contributed by atoms with Gasteiger partial charge in [0.05, 0.1) is 0 Å². The lowest BCUT2D eigenvalue weighted by Gasteiger charge is -2.08. The number of halogens is 2. The Morgan fingerprint density at radius 1 is 1.11 bits per heavy atom. The van der Waals surface area contributed by atoms with E-state index in [4.69, 9.17) is 0 Å². The quantitative estimate of drug-likeness (QED) is 0.728. The molecule has 0 aliphatic rings. The normalized spacial score (nSPS) is 10.4. The van der Waals surface area contributed by atoms with Gasteiger partial charge in [-0.2, -0.15) is 0 Å². The van der Waals surface area contributed by atoms with Crippen molar-refractivity contribution in [2.24, 2.45) is 0 Å². The van der Waals surface area contributed by atoms with Crippen LogP contribution in [0.3, 0.4) is 0 Å². The van der Waals surface area contributed by atoms with Crippen LogP contribution >= 0.6 is 0 Å². The number of rotatable bonds is 2. The number of carbonyl (C=O) groups excluding carboxylic acids is 1. The molecule has 18 heavy (non-hydrogen) atoms. The van der Waals surface area contributed by atoms with Crippen LogP contribution in [-0.4, -0.2) is 5.78 Å². The van der Waals surface area contributed by atoms with Gasteiger partial charge in [-0.15, -0.1) is 0 Å². The van der Waals surface area contributed by atoms with Gasteiger partial charge in [-0.05, 0) is 37.1 Å². The highest BCUT2D eigenvalue weighted by molar-refractivity contribution is 5.96. The van der Waals surface area contributed by atoms with Crippen molar-refractivity contribution in [2.45, 2.75) is 13.8 Å². The molecule has 0 radical (unpaired) electrons. The fourth-order valence-electron chi connectivity index (χ4n) is 1.90. The lowest BCUT2D eigenvalue weighted by atomic mass is 9.97. The third kappa shape index (κ3) is 2.16. The minimum Gasteiger partial charge on any atom is -0.295 e. The molecule has 92 valence electrons. The van der Waals surface area contributed by atoms with Crippen molar-refractivity contribution in [3.05, 3.63) is 59.2 Å². The molecule has 2 aromatic carbocycles. The Bertz CT molecular complexity index is 618. The lowest BCUT2D eigenvalue weighted by molar-refractivity contribution is 0.101. The van der Waals surface area contributed by atoms with E-state index < -0.39 is 11.6 Å². The Labute approximate surface area is 104 Å². The van der Waals surface area contributed by atoms with Crippen LogP contribution in [0.5, 0.6) is 0 Å². The fraction of sp³-hybridized carbons (Fsp3) is 0.133. The first-order chi connectivity index (χ1) is 8.50.